The van der Waals surface area contributed by atoms with Crippen LogP contribution in [0.2, 0.25) is 0 Å². The molecule has 2 aliphatic rings. The van der Waals surface area contributed by atoms with Gasteiger partial charge in [-0.15, -0.1) is 5.01 Å². The summed E-state index contributed by atoms with van der Waals surface area (Å²) in [5, 5.41) is 20.7. The topological polar surface area (TPSA) is 179 Å². The van der Waals surface area contributed by atoms with E-state index in [2.05, 4.69) is 10.4 Å². The third-order valence-electron chi connectivity index (χ3n) is 8.11. The fraction of sp³-hybridized carbons (Fsp3) is 0.250. The van der Waals surface area contributed by atoms with Crippen LogP contribution >= 0.6 is 0 Å². The molecule has 0 radical (unpaired) electrons. The van der Waals surface area contributed by atoms with Crippen molar-refractivity contribution in [3.05, 3.63) is 106 Å². The van der Waals surface area contributed by atoms with Crippen LogP contribution in [0, 0.1) is 18.0 Å². The Labute approximate surface area is 288 Å². The fourth-order valence-electron chi connectivity index (χ4n) is 5.45. The molecule has 1 N–H and O–H groups in total. The Balaban J connectivity index is 1.01. The molecule has 19 heteroatoms. The van der Waals surface area contributed by atoms with E-state index in [0.717, 1.165) is 33.3 Å². The molecule has 6 rings (SSSR count). The molecule has 1 aromatic heterocycles. The number of benzene rings is 3. The molecule has 1 fully saturated rings. The maximum Gasteiger partial charge on any atom is 0.435 e. The number of aryl methyl sites for hydroxylation is 1. The summed E-state index contributed by atoms with van der Waals surface area (Å²) in [6.07, 6.45) is -5.63. The first-order valence-electron chi connectivity index (χ1n) is 15.3. The van der Waals surface area contributed by atoms with E-state index in [1.807, 2.05) is 6.92 Å². The highest BCUT2D eigenvalue weighted by atomic mass is 32.2. The zero-order chi connectivity index (χ0) is 36.5. The van der Waals surface area contributed by atoms with E-state index in [1.165, 1.54) is 29.3 Å². The summed E-state index contributed by atoms with van der Waals surface area (Å²) in [5.41, 5.74) is 0.931. The first kappa shape index (κ1) is 34.9. The number of nitrogens with zero attached hydrogens (tertiary/aromatic N) is 6. The van der Waals surface area contributed by atoms with Crippen LogP contribution in [0.25, 0.3) is 16.9 Å². The summed E-state index contributed by atoms with van der Waals surface area (Å²) in [4.78, 5) is 42.7. The molecule has 0 bridgehead atoms. The number of carbonyl (C=O) groups excluding carboxylic acids is 3. The highest BCUT2D eigenvalue weighted by Crippen LogP contribution is 2.33. The molecule has 1 atom stereocenters. The highest BCUT2D eigenvalue weighted by Gasteiger charge is 2.37. The largest absolute Gasteiger partial charge is 0.569 e. The van der Waals surface area contributed by atoms with Gasteiger partial charge in [-0.1, -0.05) is 42.0 Å². The Bertz CT molecular complexity index is 2090. The second-order valence-electron chi connectivity index (χ2n) is 11.6. The van der Waals surface area contributed by atoms with Crippen molar-refractivity contribution in [2.45, 2.75) is 24.4 Å². The van der Waals surface area contributed by atoms with Crippen molar-refractivity contribution >= 4 is 27.9 Å². The molecule has 266 valence electrons. The average molecular weight is 728 g/mol. The van der Waals surface area contributed by atoms with Crippen molar-refractivity contribution in [2.24, 2.45) is 11.2 Å². The minimum Gasteiger partial charge on any atom is -0.569 e. The number of nitrogens with one attached hydrogen (secondary N) is 1. The third-order valence-corrected chi connectivity index (χ3v) is 9.43. The molecular formula is C32H28F3N7O8S. The zero-order valence-corrected chi connectivity index (χ0v) is 27.4. The van der Waals surface area contributed by atoms with Crippen LogP contribution in [-0.2, 0) is 25.8 Å². The number of sulfonamides is 1. The third kappa shape index (κ3) is 7.47. The van der Waals surface area contributed by atoms with Crippen molar-refractivity contribution in [3.63, 3.8) is 0 Å². The molecule has 3 aromatic carbocycles. The number of amides is 3. The second kappa shape index (κ2) is 13.7. The predicted molar refractivity (Wildman–Crippen MR) is 169 cm³/mol. The molecule has 4 aromatic rings. The predicted octanol–water partition coefficient (Wildman–Crippen LogP) is 4.67. The van der Waals surface area contributed by atoms with E-state index in [0.29, 0.717) is 12.0 Å². The summed E-state index contributed by atoms with van der Waals surface area (Å²) in [6.45, 7) is 1.26. The molecule has 51 heavy (non-hydrogen) atoms. The van der Waals surface area contributed by atoms with Crippen molar-refractivity contribution in [3.8, 4) is 16.9 Å². The van der Waals surface area contributed by atoms with Crippen LogP contribution in [0.4, 0.5) is 18.0 Å². The maximum atomic E-state index is 13.5. The minimum atomic E-state index is -4.72. The van der Waals surface area contributed by atoms with Crippen molar-refractivity contribution in [2.75, 3.05) is 26.4 Å². The van der Waals surface area contributed by atoms with Crippen molar-refractivity contribution in [1.29, 1.82) is 0 Å². The van der Waals surface area contributed by atoms with Gasteiger partial charge >= 0.3 is 12.3 Å². The van der Waals surface area contributed by atoms with Gasteiger partial charge < -0.3 is 14.8 Å². The van der Waals surface area contributed by atoms with Gasteiger partial charge in [0, 0.05) is 11.5 Å². The number of hydrazine groups is 1. The lowest BCUT2D eigenvalue weighted by molar-refractivity contribution is -0.708. The minimum absolute atomic E-state index is 0.0684. The Hall–Kier alpha value is -5.98. The molecule has 0 aliphatic carbocycles. The summed E-state index contributed by atoms with van der Waals surface area (Å²) in [5.74, 6) is -1.54. The Morgan fingerprint density at radius 2 is 1.69 bits per heavy atom. The van der Waals surface area contributed by atoms with Gasteiger partial charge in [-0.05, 0) is 55.8 Å². The average Bonchev–Trinajstić information content (AvgIpc) is 3.82. The molecule has 0 spiro atoms. The monoisotopic (exact) mass is 727 g/mol. The first-order chi connectivity index (χ1) is 24.2. The van der Waals surface area contributed by atoms with Gasteiger partial charge in [-0.3, -0.25) is 9.59 Å². The van der Waals surface area contributed by atoms with Crippen LogP contribution < -0.4 is 4.72 Å². The van der Waals surface area contributed by atoms with E-state index in [9.17, 15) is 41.2 Å². The van der Waals surface area contributed by atoms with Gasteiger partial charge in [0.15, 0.2) is 5.69 Å². The lowest BCUT2D eigenvalue weighted by Crippen LogP contribution is -2.34. The second-order valence-corrected chi connectivity index (χ2v) is 13.3. The number of fused-ring (bicyclic) bond motifs is 1. The fourth-order valence-corrected chi connectivity index (χ4v) is 6.34. The highest BCUT2D eigenvalue weighted by molar-refractivity contribution is 7.90. The maximum absolute atomic E-state index is 13.5. The van der Waals surface area contributed by atoms with E-state index in [4.69, 9.17) is 9.57 Å². The summed E-state index contributed by atoms with van der Waals surface area (Å²) in [7, 11) is -4.44. The van der Waals surface area contributed by atoms with E-state index in [1.54, 1.807) is 41.1 Å². The molecule has 2 aliphatic heterocycles. The number of ether oxygens (including phenoxy) is 1. The summed E-state index contributed by atoms with van der Waals surface area (Å²) >= 11 is 0. The van der Waals surface area contributed by atoms with Gasteiger partial charge in [0.25, 0.3) is 21.8 Å². The van der Waals surface area contributed by atoms with Crippen molar-refractivity contribution in [1.82, 2.24) is 24.4 Å². The number of halogens is 3. The van der Waals surface area contributed by atoms with Crippen molar-refractivity contribution < 1.29 is 50.5 Å². The SMILES string of the molecule is Cc1ccc(-c2cc(C(F)(F)F)nn2-c2ccc(S(=O)(=O)NC(=O)OCC3CCN(/[N+]([O-])=N/OCN4C(=O)c5ccccc5C4=O)C3)cc2)cc1. The molecule has 1 saturated heterocycles. The lowest BCUT2D eigenvalue weighted by Gasteiger charge is -2.14. The Kier molecular flexibility index (Phi) is 9.39. The van der Waals surface area contributed by atoms with Crippen LogP contribution in [0.5, 0.6) is 0 Å². The normalized spacial score (nSPS) is 16.4. The van der Waals surface area contributed by atoms with E-state index < -0.39 is 46.5 Å². The van der Waals surface area contributed by atoms with Gasteiger partial charge in [0.2, 0.25) is 12.0 Å². The van der Waals surface area contributed by atoms with Gasteiger partial charge in [-0.2, -0.15) is 18.3 Å². The smallest absolute Gasteiger partial charge is 0.435 e. The summed E-state index contributed by atoms with van der Waals surface area (Å²) < 4.78 is 74.2. The number of hydrogen-bond donors (Lipinski definition) is 1. The summed E-state index contributed by atoms with van der Waals surface area (Å²) in [6, 6.07) is 18.6. The number of hydrogen-bond acceptors (Lipinski definition) is 10. The molecule has 1 unspecified atom stereocenters. The number of carbonyl (C=O) groups is 3. The molecule has 3 heterocycles. The first-order valence-corrected chi connectivity index (χ1v) is 16.7. The molecule has 15 nitrogen and oxygen atoms in total. The van der Waals surface area contributed by atoms with E-state index >= 15 is 0 Å². The van der Waals surface area contributed by atoms with Crippen LogP contribution in [0.3, 0.4) is 0 Å². The van der Waals surface area contributed by atoms with Crippen LogP contribution in [-0.4, -0.2) is 77.4 Å². The Morgan fingerprint density at radius 3 is 2.31 bits per heavy atom. The molecule has 0 saturated carbocycles. The molecule has 3 amide bonds. The zero-order valence-electron chi connectivity index (χ0n) is 26.6. The number of rotatable bonds is 10. The van der Waals surface area contributed by atoms with Crippen LogP contribution in [0.1, 0.15) is 38.4 Å². The number of aromatic nitrogens is 2. The van der Waals surface area contributed by atoms with E-state index in [-0.39, 0.29) is 58.0 Å². The number of alkyl halides is 3. The van der Waals surface area contributed by atoms with Crippen LogP contribution in [0.15, 0.2) is 89.0 Å². The van der Waals surface area contributed by atoms with Gasteiger partial charge in [-0.25, -0.2) is 27.5 Å². The Morgan fingerprint density at radius 1 is 1.04 bits per heavy atom. The standard InChI is InChI=1S/C32H28F3N7O8S/c1-20-6-8-22(9-7-20)27-16-28(32(33,34)35)36-41(27)23-10-12-24(13-11-23)51(47,48)37-31(45)49-18-21-14-15-39(17-21)42(46)38-50-19-40-29(43)25-4-2-3-5-26(25)30(40)44/h2-13,16,21H,14-15,17-19H2,1H3,(H,37,45)/b42-38-. The molecular weight excluding hydrogens is 699 g/mol. The van der Waals surface area contributed by atoms with Gasteiger partial charge in [0.05, 0.1) is 52.1 Å². The van der Waals surface area contributed by atoms with Gasteiger partial charge in [0.1, 0.15) is 0 Å². The lowest BCUT2D eigenvalue weighted by atomic mass is 10.1. The quantitative estimate of drug-likeness (QED) is 0.105. The number of imide groups is 1.